The summed E-state index contributed by atoms with van der Waals surface area (Å²) in [6, 6.07) is 11.5. The second-order valence-corrected chi connectivity index (χ2v) is 5.01. The van der Waals surface area contributed by atoms with Crippen LogP contribution >= 0.6 is 0 Å². The molecule has 3 rings (SSSR count). The summed E-state index contributed by atoms with van der Waals surface area (Å²) in [5, 5.41) is 26.5. The lowest BCUT2D eigenvalue weighted by molar-refractivity contribution is 0.409. The molecule has 6 nitrogen and oxygen atoms in total. The third kappa shape index (κ3) is 2.91. The van der Waals surface area contributed by atoms with Crippen molar-refractivity contribution in [3.8, 4) is 40.0 Å². The average Bonchev–Trinajstić information content (AvgIpc) is 2.89. The summed E-state index contributed by atoms with van der Waals surface area (Å²) in [6.45, 7) is 1.82. The van der Waals surface area contributed by atoms with Crippen LogP contribution in [-0.4, -0.2) is 27.5 Å². The van der Waals surface area contributed by atoms with Gasteiger partial charge < -0.3 is 19.7 Å². The van der Waals surface area contributed by atoms with Gasteiger partial charge in [-0.25, -0.2) is 0 Å². The van der Waals surface area contributed by atoms with Crippen molar-refractivity contribution in [3.05, 3.63) is 48.2 Å². The number of hydrogen-bond acceptors (Lipinski definition) is 5. The van der Waals surface area contributed by atoms with Crippen molar-refractivity contribution in [1.29, 1.82) is 0 Å². The van der Waals surface area contributed by atoms with Crippen molar-refractivity contribution < 1.29 is 19.7 Å². The van der Waals surface area contributed by atoms with Gasteiger partial charge in [0.25, 0.3) is 0 Å². The largest absolute Gasteiger partial charge is 0.508 e. The van der Waals surface area contributed by atoms with E-state index in [2.05, 4.69) is 10.2 Å². The van der Waals surface area contributed by atoms with Crippen LogP contribution < -0.4 is 9.47 Å². The lowest BCUT2D eigenvalue weighted by atomic mass is 10.1. The average molecular weight is 312 g/mol. The molecule has 0 aliphatic heterocycles. The number of aromatic nitrogens is 2. The maximum atomic E-state index is 10.0. The Balaban J connectivity index is 2.01. The molecule has 0 aliphatic carbocycles. The maximum absolute atomic E-state index is 10.0. The fourth-order valence-corrected chi connectivity index (χ4v) is 2.23. The van der Waals surface area contributed by atoms with Gasteiger partial charge in [-0.3, -0.25) is 5.10 Å². The lowest BCUT2D eigenvalue weighted by Gasteiger charge is -2.09. The zero-order valence-electron chi connectivity index (χ0n) is 12.7. The van der Waals surface area contributed by atoms with E-state index in [1.54, 1.807) is 25.3 Å². The molecule has 0 atom stereocenters. The third-order valence-corrected chi connectivity index (χ3v) is 3.39. The predicted molar refractivity (Wildman–Crippen MR) is 85.2 cm³/mol. The highest BCUT2D eigenvalue weighted by molar-refractivity contribution is 5.74. The first-order valence-corrected chi connectivity index (χ1v) is 6.97. The topological polar surface area (TPSA) is 87.6 Å². The van der Waals surface area contributed by atoms with Crippen molar-refractivity contribution in [1.82, 2.24) is 10.2 Å². The van der Waals surface area contributed by atoms with Gasteiger partial charge in [0.2, 0.25) is 0 Å². The molecule has 1 aromatic heterocycles. The van der Waals surface area contributed by atoms with Crippen molar-refractivity contribution in [3.63, 3.8) is 0 Å². The Morgan fingerprint density at radius 1 is 1.04 bits per heavy atom. The van der Waals surface area contributed by atoms with Gasteiger partial charge in [-0.15, -0.1) is 0 Å². The molecule has 0 radical (unpaired) electrons. The van der Waals surface area contributed by atoms with Crippen molar-refractivity contribution in [2.45, 2.75) is 6.92 Å². The van der Waals surface area contributed by atoms with E-state index < -0.39 is 0 Å². The Morgan fingerprint density at radius 3 is 2.57 bits per heavy atom. The van der Waals surface area contributed by atoms with Crippen LogP contribution in [0.15, 0.2) is 42.5 Å². The molecule has 0 bridgehead atoms. The summed E-state index contributed by atoms with van der Waals surface area (Å²) < 4.78 is 11.1. The first-order valence-electron chi connectivity index (χ1n) is 6.97. The van der Waals surface area contributed by atoms with E-state index in [1.165, 1.54) is 12.1 Å². The number of hydrogen-bond donors (Lipinski definition) is 3. The summed E-state index contributed by atoms with van der Waals surface area (Å²) in [4.78, 5) is 0. The summed E-state index contributed by atoms with van der Waals surface area (Å²) >= 11 is 0. The second kappa shape index (κ2) is 5.92. The highest BCUT2D eigenvalue weighted by Crippen LogP contribution is 2.39. The minimum Gasteiger partial charge on any atom is -0.508 e. The quantitative estimate of drug-likeness (QED) is 0.685. The van der Waals surface area contributed by atoms with Gasteiger partial charge in [-0.1, -0.05) is 6.07 Å². The Labute approximate surface area is 132 Å². The molecule has 0 fully saturated rings. The number of nitrogens with one attached hydrogen (secondary N) is 1. The fourth-order valence-electron chi connectivity index (χ4n) is 2.23. The molecule has 3 aromatic rings. The first-order chi connectivity index (χ1) is 11.1. The summed E-state index contributed by atoms with van der Waals surface area (Å²) in [7, 11) is 1.59. The number of phenolic OH excluding ortho intramolecular Hbond substituents is 2. The molecule has 0 saturated carbocycles. The molecular formula is C17H16N2O4. The number of H-pyrrole nitrogens is 1. The smallest absolute Gasteiger partial charge is 0.176 e. The molecule has 0 saturated heterocycles. The molecular weight excluding hydrogens is 296 g/mol. The zero-order valence-corrected chi connectivity index (χ0v) is 12.7. The van der Waals surface area contributed by atoms with E-state index in [-0.39, 0.29) is 11.5 Å². The van der Waals surface area contributed by atoms with E-state index in [4.69, 9.17) is 9.47 Å². The molecule has 118 valence electrons. The molecule has 6 heteroatoms. The van der Waals surface area contributed by atoms with E-state index in [0.29, 0.717) is 28.5 Å². The molecule has 0 unspecified atom stereocenters. The van der Waals surface area contributed by atoms with Gasteiger partial charge in [0, 0.05) is 17.7 Å². The highest BCUT2D eigenvalue weighted by atomic mass is 16.5. The molecule has 0 spiro atoms. The van der Waals surface area contributed by atoms with Gasteiger partial charge >= 0.3 is 0 Å². The fraction of sp³-hybridized carbons (Fsp3) is 0.118. The van der Waals surface area contributed by atoms with Crippen LogP contribution in [0.1, 0.15) is 5.69 Å². The Hall–Kier alpha value is -3.15. The number of rotatable bonds is 4. The van der Waals surface area contributed by atoms with E-state index in [9.17, 15) is 10.2 Å². The molecule has 2 aromatic carbocycles. The van der Waals surface area contributed by atoms with Gasteiger partial charge in [0.05, 0.1) is 12.8 Å². The number of methoxy groups -OCH3 is 1. The molecule has 0 amide bonds. The molecule has 23 heavy (non-hydrogen) atoms. The number of aromatic hydroxyl groups is 2. The number of nitrogens with zero attached hydrogens (tertiary/aromatic N) is 1. The van der Waals surface area contributed by atoms with Crippen LogP contribution in [0.3, 0.4) is 0 Å². The summed E-state index contributed by atoms with van der Waals surface area (Å²) in [6.07, 6.45) is 0. The minimum atomic E-state index is -0.0769. The number of ether oxygens (including phenoxy) is 2. The van der Waals surface area contributed by atoms with Crippen LogP contribution in [0.2, 0.25) is 0 Å². The van der Waals surface area contributed by atoms with Crippen molar-refractivity contribution in [2.75, 3.05) is 7.11 Å². The Bertz CT molecular complexity index is 842. The number of phenols is 2. The lowest BCUT2D eigenvalue weighted by Crippen LogP contribution is -1.89. The van der Waals surface area contributed by atoms with E-state index in [0.717, 1.165) is 5.69 Å². The van der Waals surface area contributed by atoms with E-state index in [1.807, 2.05) is 19.1 Å². The SMILES string of the molecule is COc1cccc(Oc2c(-c3ccc(O)cc3O)n[nH]c2C)c1. The highest BCUT2D eigenvalue weighted by Gasteiger charge is 2.18. The van der Waals surface area contributed by atoms with Gasteiger partial charge in [0.1, 0.15) is 28.7 Å². The van der Waals surface area contributed by atoms with Crippen LogP contribution in [0, 0.1) is 6.92 Å². The van der Waals surface area contributed by atoms with Crippen LogP contribution in [0.4, 0.5) is 0 Å². The van der Waals surface area contributed by atoms with Crippen LogP contribution in [-0.2, 0) is 0 Å². The minimum absolute atomic E-state index is 0.0197. The van der Waals surface area contributed by atoms with Crippen LogP contribution in [0.25, 0.3) is 11.3 Å². The summed E-state index contributed by atoms with van der Waals surface area (Å²) in [5.41, 5.74) is 1.64. The molecule has 3 N–H and O–H groups in total. The molecule has 1 heterocycles. The van der Waals surface area contributed by atoms with Crippen LogP contribution in [0.5, 0.6) is 28.7 Å². The molecule has 0 aliphatic rings. The number of aryl methyl sites for hydroxylation is 1. The maximum Gasteiger partial charge on any atom is 0.176 e. The third-order valence-electron chi connectivity index (χ3n) is 3.39. The predicted octanol–water partition coefficient (Wildman–Crippen LogP) is 3.60. The second-order valence-electron chi connectivity index (χ2n) is 5.01. The van der Waals surface area contributed by atoms with Gasteiger partial charge in [-0.2, -0.15) is 5.10 Å². The number of aromatic amines is 1. The normalized spacial score (nSPS) is 10.5. The monoisotopic (exact) mass is 312 g/mol. The Morgan fingerprint density at radius 2 is 1.83 bits per heavy atom. The Kier molecular flexibility index (Phi) is 3.80. The van der Waals surface area contributed by atoms with Crippen molar-refractivity contribution >= 4 is 0 Å². The first kappa shape index (κ1) is 14.8. The zero-order chi connectivity index (χ0) is 16.4. The van der Waals surface area contributed by atoms with E-state index >= 15 is 0 Å². The van der Waals surface area contributed by atoms with Gasteiger partial charge in [-0.05, 0) is 31.2 Å². The standard InChI is InChI=1S/C17H16N2O4/c1-10-17(23-13-5-3-4-12(9-13)22-2)16(19-18-10)14-7-6-11(20)8-15(14)21/h3-9,20-21H,1-2H3,(H,18,19). The van der Waals surface area contributed by atoms with Crippen molar-refractivity contribution in [2.24, 2.45) is 0 Å². The van der Waals surface area contributed by atoms with Gasteiger partial charge in [0.15, 0.2) is 5.75 Å². The summed E-state index contributed by atoms with van der Waals surface area (Å²) in [5.74, 6) is 1.67. The number of benzene rings is 2.